The Balaban J connectivity index is 1.39. The molecule has 3 aromatic rings. The quantitative estimate of drug-likeness (QED) is 0.767. The predicted octanol–water partition coefficient (Wildman–Crippen LogP) is 3.06. The average molecular weight is 351 g/mol. The molecule has 130 valence electrons. The van der Waals surface area contributed by atoms with Gasteiger partial charge in [-0.2, -0.15) is 5.26 Å². The van der Waals surface area contributed by atoms with Gasteiger partial charge in [-0.15, -0.1) is 5.10 Å². The second kappa shape index (κ2) is 6.65. The molecule has 5 nitrogen and oxygen atoms in total. The van der Waals surface area contributed by atoms with Crippen LogP contribution in [0.2, 0.25) is 0 Å². The Morgan fingerprint density at radius 2 is 2.04 bits per heavy atom. The lowest BCUT2D eigenvalue weighted by Crippen LogP contribution is -2.17. The van der Waals surface area contributed by atoms with Gasteiger partial charge in [0.1, 0.15) is 6.07 Å². The zero-order valence-corrected chi connectivity index (χ0v) is 13.7. The van der Waals surface area contributed by atoms with E-state index in [-0.39, 0.29) is 12.0 Å². The zero-order chi connectivity index (χ0) is 18.1. The van der Waals surface area contributed by atoms with E-state index in [4.69, 9.17) is 0 Å². The minimum atomic E-state index is -0.826. The van der Waals surface area contributed by atoms with Gasteiger partial charge < -0.3 is 5.32 Å². The van der Waals surface area contributed by atoms with E-state index in [1.807, 2.05) is 12.1 Å². The minimum Gasteiger partial charge on any atom is -0.308 e. The molecule has 1 heterocycles. The summed E-state index contributed by atoms with van der Waals surface area (Å²) in [6, 6.07) is 13.6. The summed E-state index contributed by atoms with van der Waals surface area (Å²) in [5, 5.41) is 20.7. The molecular weight excluding hydrogens is 336 g/mol. The van der Waals surface area contributed by atoms with Crippen molar-refractivity contribution in [2.75, 3.05) is 0 Å². The summed E-state index contributed by atoms with van der Waals surface area (Å²) in [5.74, 6) is -1.46. The van der Waals surface area contributed by atoms with Crippen molar-refractivity contribution in [1.29, 1.82) is 5.26 Å². The fourth-order valence-corrected chi connectivity index (χ4v) is 3.03. The lowest BCUT2D eigenvalue weighted by molar-refractivity contribution is 0.506. The summed E-state index contributed by atoms with van der Waals surface area (Å²) in [4.78, 5) is 0. The smallest absolute Gasteiger partial charge is 0.159 e. The number of hydrogen-bond donors (Lipinski definition) is 1. The maximum atomic E-state index is 13.3. The van der Waals surface area contributed by atoms with Gasteiger partial charge >= 0.3 is 0 Å². The normalized spacial score (nSPS) is 18.5. The highest BCUT2D eigenvalue weighted by atomic mass is 19.2. The second-order valence-electron chi connectivity index (χ2n) is 6.29. The molecule has 4 rings (SSSR count). The number of hydrogen-bond acceptors (Lipinski definition) is 4. The van der Waals surface area contributed by atoms with Gasteiger partial charge in [0.05, 0.1) is 23.1 Å². The van der Waals surface area contributed by atoms with E-state index in [9.17, 15) is 14.0 Å². The van der Waals surface area contributed by atoms with E-state index in [2.05, 4.69) is 21.7 Å². The van der Waals surface area contributed by atoms with Crippen molar-refractivity contribution in [3.63, 3.8) is 0 Å². The Kier molecular flexibility index (Phi) is 4.19. The van der Waals surface area contributed by atoms with Crippen molar-refractivity contribution in [2.24, 2.45) is 0 Å². The molecule has 1 aliphatic rings. The number of rotatable bonds is 5. The molecule has 1 N–H and O–H groups in total. The Hall–Kier alpha value is -3.11. The summed E-state index contributed by atoms with van der Waals surface area (Å²) >= 11 is 0. The predicted molar refractivity (Wildman–Crippen MR) is 90.4 cm³/mol. The van der Waals surface area contributed by atoms with Gasteiger partial charge in [0, 0.05) is 18.5 Å². The van der Waals surface area contributed by atoms with Gasteiger partial charge in [-0.1, -0.05) is 23.4 Å². The fraction of sp³-hybridized carbons (Fsp3) is 0.211. The van der Waals surface area contributed by atoms with Crippen LogP contribution in [0.15, 0.2) is 48.7 Å². The Labute approximate surface area is 148 Å². The van der Waals surface area contributed by atoms with Crippen LogP contribution in [0.5, 0.6) is 0 Å². The summed E-state index contributed by atoms with van der Waals surface area (Å²) in [5.41, 5.74) is 2.75. The third-order valence-corrected chi connectivity index (χ3v) is 4.52. The van der Waals surface area contributed by atoms with Crippen LogP contribution in [-0.2, 0) is 6.54 Å². The van der Waals surface area contributed by atoms with Gasteiger partial charge in [-0.05, 0) is 36.2 Å². The van der Waals surface area contributed by atoms with Crippen LogP contribution >= 0.6 is 0 Å². The average Bonchev–Trinajstić information content (AvgIpc) is 3.29. The van der Waals surface area contributed by atoms with Crippen molar-refractivity contribution in [2.45, 2.75) is 24.9 Å². The van der Waals surface area contributed by atoms with Gasteiger partial charge in [-0.3, -0.25) is 0 Å². The zero-order valence-electron chi connectivity index (χ0n) is 13.7. The van der Waals surface area contributed by atoms with Crippen LogP contribution in [0.1, 0.15) is 29.2 Å². The van der Waals surface area contributed by atoms with Crippen LogP contribution in [-0.4, -0.2) is 21.0 Å². The molecular formula is C19H15F2N5. The molecule has 2 atom stereocenters. The molecule has 0 unspecified atom stereocenters. The number of nitrogens with zero attached hydrogens (tertiary/aromatic N) is 4. The fourth-order valence-electron chi connectivity index (χ4n) is 3.03. The van der Waals surface area contributed by atoms with Crippen LogP contribution in [0.3, 0.4) is 0 Å². The van der Waals surface area contributed by atoms with E-state index in [0.29, 0.717) is 17.8 Å². The molecule has 0 saturated heterocycles. The minimum absolute atomic E-state index is 0.180. The maximum absolute atomic E-state index is 13.3. The summed E-state index contributed by atoms with van der Waals surface area (Å²) in [7, 11) is 0. The second-order valence-corrected chi connectivity index (χ2v) is 6.29. The number of nitrogens with one attached hydrogen (secondary N) is 1. The lowest BCUT2D eigenvalue weighted by atomic mass is 10.1. The van der Waals surface area contributed by atoms with Gasteiger partial charge in [0.15, 0.2) is 11.6 Å². The number of para-hydroxylation sites is 1. The van der Waals surface area contributed by atoms with E-state index >= 15 is 0 Å². The first-order chi connectivity index (χ1) is 12.7. The highest BCUT2D eigenvalue weighted by Crippen LogP contribution is 2.41. The van der Waals surface area contributed by atoms with E-state index in [0.717, 1.165) is 23.7 Å². The Morgan fingerprint density at radius 3 is 2.85 bits per heavy atom. The number of nitriles is 1. The maximum Gasteiger partial charge on any atom is 0.159 e. The first-order valence-corrected chi connectivity index (χ1v) is 8.25. The monoisotopic (exact) mass is 351 g/mol. The first-order valence-electron chi connectivity index (χ1n) is 8.25. The van der Waals surface area contributed by atoms with Gasteiger partial charge in [0.25, 0.3) is 0 Å². The lowest BCUT2D eigenvalue weighted by Gasteiger charge is -2.03. The highest BCUT2D eigenvalue weighted by molar-refractivity contribution is 5.47. The molecule has 7 heteroatoms. The highest BCUT2D eigenvalue weighted by Gasteiger charge is 2.38. The number of aromatic nitrogens is 3. The van der Waals surface area contributed by atoms with Gasteiger partial charge in [0.2, 0.25) is 0 Å². The molecule has 0 amide bonds. The number of halogens is 2. The largest absolute Gasteiger partial charge is 0.308 e. The molecule has 1 fully saturated rings. The van der Waals surface area contributed by atoms with Crippen molar-refractivity contribution < 1.29 is 8.78 Å². The molecule has 26 heavy (non-hydrogen) atoms. The molecule has 1 aromatic heterocycles. The van der Waals surface area contributed by atoms with Crippen molar-refractivity contribution in [3.8, 4) is 11.8 Å². The van der Waals surface area contributed by atoms with Crippen LogP contribution in [0.25, 0.3) is 5.69 Å². The van der Waals surface area contributed by atoms with Crippen molar-refractivity contribution >= 4 is 0 Å². The third-order valence-electron chi connectivity index (χ3n) is 4.52. The van der Waals surface area contributed by atoms with Crippen LogP contribution in [0, 0.1) is 23.0 Å². The van der Waals surface area contributed by atoms with Crippen LogP contribution in [0.4, 0.5) is 8.78 Å². The summed E-state index contributed by atoms with van der Waals surface area (Å²) < 4.78 is 27.9. The molecule has 0 radical (unpaired) electrons. The molecule has 0 spiro atoms. The topological polar surface area (TPSA) is 66.5 Å². The molecule has 1 saturated carbocycles. The SMILES string of the molecule is N#Cc1ccccc1-n1cc(CN[C@@H]2C[C@H]2c2ccc(F)c(F)c2)nn1. The van der Waals surface area contributed by atoms with E-state index < -0.39 is 11.6 Å². The molecule has 0 aliphatic heterocycles. The van der Waals surface area contributed by atoms with Crippen molar-refractivity contribution in [3.05, 3.63) is 77.1 Å². The first kappa shape index (κ1) is 16.4. The summed E-state index contributed by atoms with van der Waals surface area (Å²) in [6.45, 7) is 0.513. The summed E-state index contributed by atoms with van der Waals surface area (Å²) in [6.07, 6.45) is 2.65. The van der Waals surface area contributed by atoms with Crippen LogP contribution < -0.4 is 5.32 Å². The van der Waals surface area contributed by atoms with Crippen molar-refractivity contribution in [1.82, 2.24) is 20.3 Å². The van der Waals surface area contributed by atoms with Gasteiger partial charge in [-0.25, -0.2) is 13.5 Å². The molecule has 1 aliphatic carbocycles. The standard InChI is InChI=1S/C19H15F2N5/c20-16-6-5-12(7-17(16)21)15-8-18(15)23-10-14-11-26(25-24-14)19-4-2-1-3-13(19)9-22/h1-7,11,15,18,23H,8,10H2/t15-,18+/m0/s1. The number of benzene rings is 2. The van der Waals surface area contributed by atoms with E-state index in [1.54, 1.807) is 29.1 Å². The van der Waals surface area contributed by atoms with E-state index in [1.165, 1.54) is 6.07 Å². The molecule has 0 bridgehead atoms. The Morgan fingerprint density at radius 1 is 1.19 bits per heavy atom. The third kappa shape index (κ3) is 3.19. The Bertz CT molecular complexity index is 992. The molecule has 2 aromatic carbocycles.